The summed E-state index contributed by atoms with van der Waals surface area (Å²) in [6, 6.07) is 7.91. The number of benzene rings is 1. The van der Waals surface area contributed by atoms with Gasteiger partial charge in [0.2, 0.25) is 5.91 Å². The van der Waals surface area contributed by atoms with Crippen molar-refractivity contribution in [3.05, 3.63) is 62.2 Å². The molecule has 34 heavy (non-hydrogen) atoms. The summed E-state index contributed by atoms with van der Waals surface area (Å²) in [4.78, 5) is 55.5. The smallest absolute Gasteiger partial charge is 0.353 e. The van der Waals surface area contributed by atoms with E-state index in [1.54, 1.807) is 17.5 Å². The summed E-state index contributed by atoms with van der Waals surface area (Å²) in [6.45, 7) is 0. The number of nitrogens with zero attached hydrogens (tertiary/aromatic N) is 2. The second kappa shape index (κ2) is 9.06. The molecular formula is C21H16N4O5S4. The van der Waals surface area contributed by atoms with Gasteiger partial charge in [-0.25, -0.2) is 9.78 Å². The molecule has 0 aliphatic carbocycles. The van der Waals surface area contributed by atoms with Crippen molar-refractivity contribution in [2.24, 2.45) is 0 Å². The van der Waals surface area contributed by atoms with Gasteiger partial charge in [-0.3, -0.25) is 19.3 Å². The van der Waals surface area contributed by atoms with Crippen LogP contribution in [0.3, 0.4) is 0 Å². The molecule has 174 valence electrons. The Hall–Kier alpha value is -2.87. The lowest BCUT2D eigenvalue weighted by atomic mass is 10.0. The molecule has 0 spiro atoms. The first-order valence-corrected chi connectivity index (χ1v) is 13.5. The number of thiazole rings is 1. The van der Waals surface area contributed by atoms with Gasteiger partial charge < -0.3 is 16.2 Å². The number of hydrogen-bond donors (Lipinski definition) is 3. The summed E-state index contributed by atoms with van der Waals surface area (Å²) >= 11 is 5.18. The van der Waals surface area contributed by atoms with Gasteiger partial charge in [0, 0.05) is 32.2 Å². The van der Waals surface area contributed by atoms with Crippen LogP contribution in [0, 0.1) is 0 Å². The monoisotopic (exact) mass is 532 g/mol. The molecule has 5 rings (SSSR count). The number of thioether (sulfide) groups is 2. The lowest BCUT2D eigenvalue weighted by Gasteiger charge is -2.49. The number of β-lactam (4-membered cyclic amide) rings is 1. The van der Waals surface area contributed by atoms with Crippen LogP contribution in [0.25, 0.3) is 10.1 Å². The Bertz CT molecular complexity index is 1430. The molecule has 13 heteroatoms. The molecule has 2 amide bonds. The van der Waals surface area contributed by atoms with Gasteiger partial charge in [0.15, 0.2) is 10.6 Å². The van der Waals surface area contributed by atoms with E-state index in [-0.39, 0.29) is 23.5 Å². The first-order valence-electron chi connectivity index (χ1n) is 9.93. The van der Waals surface area contributed by atoms with Crippen LogP contribution in [0.2, 0.25) is 0 Å². The molecule has 1 fully saturated rings. The summed E-state index contributed by atoms with van der Waals surface area (Å²) in [7, 11) is 0. The quantitative estimate of drug-likeness (QED) is 0.408. The summed E-state index contributed by atoms with van der Waals surface area (Å²) in [5.41, 5.74) is 5.85. The van der Waals surface area contributed by atoms with E-state index in [0.717, 1.165) is 4.70 Å². The highest BCUT2D eigenvalue weighted by atomic mass is 32.2. The predicted molar refractivity (Wildman–Crippen MR) is 134 cm³/mol. The Labute approximate surface area is 209 Å². The Morgan fingerprint density at radius 2 is 2.09 bits per heavy atom. The predicted octanol–water partition coefficient (Wildman–Crippen LogP) is 2.33. The second-order valence-corrected chi connectivity index (χ2v) is 11.9. The number of nitrogen functional groups attached to an aromatic ring is 1. The normalized spacial score (nSPS) is 19.6. The lowest BCUT2D eigenvalue weighted by molar-refractivity contribution is -0.150. The van der Waals surface area contributed by atoms with Crippen molar-refractivity contribution < 1.29 is 19.5 Å². The Morgan fingerprint density at radius 1 is 1.29 bits per heavy atom. The van der Waals surface area contributed by atoms with Crippen LogP contribution in [0.15, 0.2) is 55.3 Å². The van der Waals surface area contributed by atoms with Gasteiger partial charge in [-0.2, -0.15) is 0 Å². The zero-order valence-electron chi connectivity index (χ0n) is 17.2. The fourth-order valence-electron chi connectivity index (χ4n) is 3.72. The average molecular weight is 533 g/mol. The van der Waals surface area contributed by atoms with E-state index in [2.05, 4.69) is 10.3 Å². The molecule has 0 radical (unpaired) electrons. The molecule has 2 aliphatic rings. The number of carbonyl (C=O) groups excluding carboxylic acids is 2. The fourth-order valence-corrected chi connectivity index (χ4v) is 8.15. The summed E-state index contributed by atoms with van der Waals surface area (Å²) in [5, 5.41) is 14.7. The number of fused-ring (bicyclic) bond motifs is 2. The van der Waals surface area contributed by atoms with E-state index in [1.165, 1.54) is 57.2 Å². The molecule has 9 nitrogen and oxygen atoms in total. The molecule has 2 atom stereocenters. The van der Waals surface area contributed by atoms with E-state index in [9.17, 15) is 24.3 Å². The van der Waals surface area contributed by atoms with Crippen LogP contribution in [0.1, 0.15) is 5.69 Å². The van der Waals surface area contributed by atoms with Crippen LogP contribution in [0.4, 0.5) is 5.13 Å². The van der Waals surface area contributed by atoms with E-state index in [0.29, 0.717) is 31.1 Å². The molecule has 1 unspecified atom stereocenters. The van der Waals surface area contributed by atoms with Gasteiger partial charge in [-0.1, -0.05) is 23.9 Å². The van der Waals surface area contributed by atoms with Crippen molar-refractivity contribution >= 4 is 79.2 Å². The van der Waals surface area contributed by atoms with Gasteiger partial charge in [0.25, 0.3) is 5.91 Å². The number of hydrogen-bond acceptors (Lipinski definition) is 10. The maximum Gasteiger partial charge on any atom is 0.353 e. The molecule has 2 aromatic heterocycles. The number of carboxylic acids is 1. The number of aliphatic carboxylic acids is 1. The van der Waals surface area contributed by atoms with E-state index in [1.807, 2.05) is 12.1 Å². The molecule has 2 aliphatic heterocycles. The van der Waals surface area contributed by atoms with Gasteiger partial charge >= 0.3 is 5.97 Å². The minimum atomic E-state index is -1.22. The third-order valence-corrected chi connectivity index (χ3v) is 9.68. The number of rotatable bonds is 6. The minimum absolute atomic E-state index is 0.0154. The molecular weight excluding hydrogens is 517 g/mol. The maximum atomic E-state index is 12.8. The third-order valence-electron chi connectivity index (χ3n) is 5.20. The van der Waals surface area contributed by atoms with Crippen molar-refractivity contribution in [3.8, 4) is 0 Å². The van der Waals surface area contributed by atoms with Gasteiger partial charge in [0.05, 0.1) is 16.3 Å². The molecule has 0 bridgehead atoms. The van der Waals surface area contributed by atoms with Crippen LogP contribution in [-0.4, -0.2) is 49.9 Å². The number of carboxylic acid groups (broad SMARTS) is 1. The molecule has 4 N–H and O–H groups in total. The summed E-state index contributed by atoms with van der Waals surface area (Å²) < 4.78 is 1.46. The highest BCUT2D eigenvalue weighted by Crippen LogP contribution is 2.46. The Kier molecular flexibility index (Phi) is 6.10. The van der Waals surface area contributed by atoms with Crippen LogP contribution in [-0.2, 0) is 20.8 Å². The largest absolute Gasteiger partial charge is 0.477 e. The van der Waals surface area contributed by atoms with Crippen LogP contribution >= 0.6 is 46.2 Å². The number of amides is 2. The second-order valence-electron chi connectivity index (χ2n) is 7.41. The first-order chi connectivity index (χ1) is 16.3. The van der Waals surface area contributed by atoms with Crippen molar-refractivity contribution in [1.29, 1.82) is 0 Å². The van der Waals surface area contributed by atoms with Crippen molar-refractivity contribution in [2.75, 3.05) is 11.5 Å². The fraction of sp³-hybridized carbons (Fsp3) is 0.190. The minimum Gasteiger partial charge on any atom is -0.477 e. The van der Waals surface area contributed by atoms with Gasteiger partial charge in [-0.15, -0.1) is 34.4 Å². The number of carbonyl (C=O) groups is 3. The maximum absolute atomic E-state index is 12.8. The van der Waals surface area contributed by atoms with Crippen molar-refractivity contribution in [2.45, 2.75) is 22.0 Å². The van der Waals surface area contributed by atoms with Crippen molar-refractivity contribution in [1.82, 2.24) is 15.2 Å². The topological polar surface area (TPSA) is 143 Å². The Morgan fingerprint density at radius 3 is 2.82 bits per heavy atom. The average Bonchev–Trinajstić information content (AvgIpc) is 3.21. The number of nitrogens with one attached hydrogen (secondary N) is 1. The first kappa shape index (κ1) is 22.9. The third kappa shape index (κ3) is 4.19. The summed E-state index contributed by atoms with van der Waals surface area (Å²) in [5.74, 6) is -1.75. The zero-order chi connectivity index (χ0) is 24.0. The number of aromatic nitrogens is 1. The van der Waals surface area contributed by atoms with E-state index < -0.39 is 23.3 Å². The van der Waals surface area contributed by atoms with Crippen molar-refractivity contribution in [3.63, 3.8) is 0 Å². The Balaban J connectivity index is 1.35. The highest BCUT2D eigenvalue weighted by Gasteiger charge is 2.54. The van der Waals surface area contributed by atoms with Crippen LogP contribution in [0.5, 0.6) is 0 Å². The standard InChI is InChI=1S/C21H16N4O5S4/c22-21-23-9(7-32-21)5-14(27)24-16-18(28)25-17(20(29)30)13(8-31-19(16)25)34-15-6-11(26)10-3-1-2-4-12(10)33-15/h1-4,6-7,16,19H,5,8H2,(H2,22,23)(H,24,27)(H,29,30)/t16?,19-/m0/s1. The van der Waals surface area contributed by atoms with E-state index >= 15 is 0 Å². The molecule has 3 aromatic rings. The highest BCUT2D eigenvalue weighted by molar-refractivity contribution is 8.07. The SMILES string of the molecule is Nc1nc(CC(=O)NC2C(=O)N3C(C(=O)O)=C(Sc4cc(=O)c5ccccc5s4)CS[C@@H]23)cs1. The molecule has 0 saturated carbocycles. The van der Waals surface area contributed by atoms with E-state index in [4.69, 9.17) is 5.73 Å². The zero-order valence-corrected chi connectivity index (χ0v) is 20.5. The lowest BCUT2D eigenvalue weighted by Crippen LogP contribution is -2.70. The molecule has 4 heterocycles. The number of nitrogens with two attached hydrogens (primary N) is 1. The molecule has 1 aromatic carbocycles. The molecule has 1 saturated heterocycles. The summed E-state index contributed by atoms with van der Waals surface area (Å²) in [6.07, 6.45) is -0.0154. The van der Waals surface area contributed by atoms with Crippen LogP contribution < -0.4 is 16.5 Å². The van der Waals surface area contributed by atoms with Gasteiger partial charge in [0.1, 0.15) is 17.1 Å². The number of anilines is 1. The van der Waals surface area contributed by atoms with Gasteiger partial charge in [-0.05, 0) is 12.1 Å².